The van der Waals surface area contributed by atoms with Gasteiger partial charge in [-0.05, 0) is 30.5 Å². The minimum atomic E-state index is 0.0152. The van der Waals surface area contributed by atoms with Crippen molar-refractivity contribution in [3.05, 3.63) is 70.8 Å². The lowest BCUT2D eigenvalue weighted by atomic mass is 10.1. The Morgan fingerprint density at radius 2 is 1.79 bits per heavy atom. The van der Waals surface area contributed by atoms with Crippen molar-refractivity contribution in [2.24, 2.45) is 0 Å². The Morgan fingerprint density at radius 3 is 2.50 bits per heavy atom. The molecule has 3 rings (SSSR count). The molecule has 5 heteroatoms. The maximum atomic E-state index is 12.6. The van der Waals surface area contributed by atoms with E-state index in [2.05, 4.69) is 53.5 Å². The molecule has 2 amide bonds. The van der Waals surface area contributed by atoms with Crippen LogP contribution in [0.15, 0.2) is 48.5 Å². The summed E-state index contributed by atoms with van der Waals surface area (Å²) in [5.41, 5.74) is 4.87. The molecule has 2 aromatic rings. The number of carbonyl (C=O) groups is 1. The van der Waals surface area contributed by atoms with E-state index in [1.165, 1.54) is 11.1 Å². The number of nitrogens with zero attached hydrogens (tertiary/aromatic N) is 2. The summed E-state index contributed by atoms with van der Waals surface area (Å²) in [5.74, 6) is 0. The van der Waals surface area contributed by atoms with Gasteiger partial charge in [-0.15, -0.1) is 0 Å². The van der Waals surface area contributed by atoms with E-state index >= 15 is 0 Å². The van der Waals surface area contributed by atoms with Crippen molar-refractivity contribution in [3.8, 4) is 0 Å². The van der Waals surface area contributed by atoms with Crippen LogP contribution >= 0.6 is 0 Å². The van der Waals surface area contributed by atoms with Crippen LogP contribution in [-0.2, 0) is 24.4 Å². The monoisotopic (exact) mass is 381 g/mol. The molecule has 150 valence electrons. The van der Waals surface area contributed by atoms with Crippen LogP contribution in [0.4, 0.5) is 4.79 Å². The van der Waals surface area contributed by atoms with Crippen LogP contribution in [0.25, 0.3) is 0 Å². The van der Waals surface area contributed by atoms with Crippen molar-refractivity contribution in [3.63, 3.8) is 0 Å². The van der Waals surface area contributed by atoms with Crippen molar-refractivity contribution >= 4 is 6.03 Å². The summed E-state index contributed by atoms with van der Waals surface area (Å²) in [5, 5.41) is 3.07. The number of carbonyl (C=O) groups excluding carboxylic acids is 1. The van der Waals surface area contributed by atoms with Crippen molar-refractivity contribution in [2.45, 2.75) is 33.5 Å². The van der Waals surface area contributed by atoms with Crippen molar-refractivity contribution < 1.29 is 9.53 Å². The van der Waals surface area contributed by atoms with Gasteiger partial charge in [-0.1, -0.05) is 54.1 Å². The number of aryl methyl sites for hydroxylation is 1. The molecule has 0 radical (unpaired) electrons. The fourth-order valence-corrected chi connectivity index (χ4v) is 3.54. The van der Waals surface area contributed by atoms with E-state index in [4.69, 9.17) is 4.74 Å². The second-order valence-electron chi connectivity index (χ2n) is 7.32. The van der Waals surface area contributed by atoms with Crippen molar-refractivity contribution in [1.82, 2.24) is 15.1 Å². The maximum absolute atomic E-state index is 12.6. The third-order valence-corrected chi connectivity index (χ3v) is 5.16. The SMILES string of the molecule is CCOCc1ccccc1CNC(=O)N1CCN(Cc2cccc(C)c2)CC1. The van der Waals surface area contributed by atoms with Crippen LogP contribution in [0.5, 0.6) is 0 Å². The van der Waals surface area contributed by atoms with E-state index < -0.39 is 0 Å². The first-order valence-corrected chi connectivity index (χ1v) is 10.1. The van der Waals surface area contributed by atoms with Crippen LogP contribution in [-0.4, -0.2) is 48.6 Å². The lowest BCUT2D eigenvalue weighted by Gasteiger charge is -2.34. The summed E-state index contributed by atoms with van der Waals surface area (Å²) in [7, 11) is 0. The van der Waals surface area contributed by atoms with Crippen LogP contribution in [0.2, 0.25) is 0 Å². The van der Waals surface area contributed by atoms with E-state index in [9.17, 15) is 4.79 Å². The van der Waals surface area contributed by atoms with Crippen molar-refractivity contribution in [2.75, 3.05) is 32.8 Å². The van der Waals surface area contributed by atoms with E-state index in [0.29, 0.717) is 19.8 Å². The molecule has 1 aliphatic rings. The van der Waals surface area contributed by atoms with Gasteiger partial charge >= 0.3 is 6.03 Å². The Labute approximate surface area is 168 Å². The fraction of sp³-hybridized carbons (Fsp3) is 0.435. The Hall–Kier alpha value is -2.37. The summed E-state index contributed by atoms with van der Waals surface area (Å²) in [6.45, 7) is 10.2. The molecule has 0 bridgehead atoms. The molecule has 0 unspecified atom stereocenters. The number of urea groups is 1. The zero-order chi connectivity index (χ0) is 19.8. The summed E-state index contributed by atoms with van der Waals surface area (Å²) >= 11 is 0. The molecule has 1 N–H and O–H groups in total. The average Bonchev–Trinajstić information content (AvgIpc) is 2.71. The largest absolute Gasteiger partial charge is 0.377 e. The smallest absolute Gasteiger partial charge is 0.317 e. The predicted octanol–water partition coefficient (Wildman–Crippen LogP) is 3.56. The highest BCUT2D eigenvalue weighted by molar-refractivity contribution is 5.74. The number of hydrogen-bond donors (Lipinski definition) is 1. The van der Waals surface area contributed by atoms with E-state index in [-0.39, 0.29) is 6.03 Å². The molecule has 0 atom stereocenters. The van der Waals surface area contributed by atoms with Crippen molar-refractivity contribution in [1.29, 1.82) is 0 Å². The molecule has 5 nitrogen and oxygen atoms in total. The Balaban J connectivity index is 1.45. The Bertz CT molecular complexity index is 770. The molecule has 1 aliphatic heterocycles. The van der Waals surface area contributed by atoms with E-state index in [1.807, 2.05) is 24.0 Å². The molecule has 2 aromatic carbocycles. The van der Waals surface area contributed by atoms with Gasteiger partial charge in [-0.25, -0.2) is 4.79 Å². The highest BCUT2D eigenvalue weighted by Crippen LogP contribution is 2.12. The minimum absolute atomic E-state index is 0.0152. The molecule has 0 saturated carbocycles. The van der Waals surface area contributed by atoms with Gasteiger partial charge in [0.05, 0.1) is 6.61 Å². The quantitative estimate of drug-likeness (QED) is 0.798. The standard InChI is InChI=1S/C23H31N3O2/c1-3-28-18-22-10-5-4-9-21(22)16-24-23(27)26-13-11-25(12-14-26)17-20-8-6-7-19(2)15-20/h4-10,15H,3,11-14,16-18H2,1-2H3,(H,24,27). The average molecular weight is 382 g/mol. The molecule has 1 heterocycles. The zero-order valence-electron chi connectivity index (χ0n) is 17.0. The second kappa shape index (κ2) is 10.2. The van der Waals surface area contributed by atoms with Crippen LogP contribution in [0.3, 0.4) is 0 Å². The van der Waals surface area contributed by atoms with Crippen LogP contribution < -0.4 is 5.32 Å². The van der Waals surface area contributed by atoms with Gasteiger partial charge in [0.2, 0.25) is 0 Å². The first kappa shape index (κ1) is 20.4. The molecule has 0 spiro atoms. The number of amides is 2. The minimum Gasteiger partial charge on any atom is -0.377 e. The molecule has 0 aromatic heterocycles. The Morgan fingerprint density at radius 1 is 1.04 bits per heavy atom. The van der Waals surface area contributed by atoms with Gasteiger partial charge in [-0.3, -0.25) is 4.90 Å². The number of ether oxygens (including phenoxy) is 1. The fourth-order valence-electron chi connectivity index (χ4n) is 3.54. The van der Waals surface area contributed by atoms with E-state index in [0.717, 1.165) is 43.9 Å². The molecule has 1 fully saturated rings. The molecule has 0 aliphatic carbocycles. The molecular weight excluding hydrogens is 350 g/mol. The normalized spacial score (nSPS) is 14.9. The van der Waals surface area contributed by atoms with Crippen LogP contribution in [0.1, 0.15) is 29.2 Å². The first-order valence-electron chi connectivity index (χ1n) is 10.1. The topological polar surface area (TPSA) is 44.8 Å². The maximum Gasteiger partial charge on any atom is 0.317 e. The molecular formula is C23H31N3O2. The second-order valence-corrected chi connectivity index (χ2v) is 7.32. The third-order valence-electron chi connectivity index (χ3n) is 5.16. The van der Waals surface area contributed by atoms with E-state index in [1.54, 1.807) is 0 Å². The summed E-state index contributed by atoms with van der Waals surface area (Å²) < 4.78 is 5.52. The lowest BCUT2D eigenvalue weighted by Crippen LogP contribution is -2.51. The van der Waals surface area contributed by atoms with Gasteiger partial charge < -0.3 is 15.0 Å². The number of rotatable bonds is 7. The van der Waals surface area contributed by atoms with Gasteiger partial charge in [-0.2, -0.15) is 0 Å². The summed E-state index contributed by atoms with van der Waals surface area (Å²) in [6, 6.07) is 16.8. The number of hydrogen-bond acceptors (Lipinski definition) is 3. The molecule has 1 saturated heterocycles. The first-order chi connectivity index (χ1) is 13.7. The zero-order valence-corrected chi connectivity index (χ0v) is 17.0. The molecule has 28 heavy (non-hydrogen) atoms. The highest BCUT2D eigenvalue weighted by atomic mass is 16.5. The van der Waals surface area contributed by atoms with Gasteiger partial charge in [0, 0.05) is 45.9 Å². The van der Waals surface area contributed by atoms with Gasteiger partial charge in [0.25, 0.3) is 0 Å². The number of nitrogens with one attached hydrogen (secondary N) is 1. The highest BCUT2D eigenvalue weighted by Gasteiger charge is 2.21. The lowest BCUT2D eigenvalue weighted by molar-refractivity contribution is 0.132. The predicted molar refractivity (Wildman–Crippen MR) is 112 cm³/mol. The number of benzene rings is 2. The third kappa shape index (κ3) is 5.81. The number of piperazine rings is 1. The summed E-state index contributed by atoms with van der Waals surface area (Å²) in [4.78, 5) is 16.9. The van der Waals surface area contributed by atoms with Crippen LogP contribution in [0, 0.1) is 6.92 Å². The Kier molecular flexibility index (Phi) is 7.46. The van der Waals surface area contributed by atoms with Gasteiger partial charge in [0.15, 0.2) is 0 Å². The summed E-state index contributed by atoms with van der Waals surface area (Å²) in [6.07, 6.45) is 0. The van der Waals surface area contributed by atoms with Gasteiger partial charge in [0.1, 0.15) is 0 Å².